The predicted molar refractivity (Wildman–Crippen MR) is 109 cm³/mol. The summed E-state index contributed by atoms with van der Waals surface area (Å²) in [4.78, 5) is 24.1. The van der Waals surface area contributed by atoms with Crippen LogP contribution in [0.5, 0.6) is 5.75 Å². The van der Waals surface area contributed by atoms with Crippen molar-refractivity contribution < 1.29 is 28.5 Å². The van der Waals surface area contributed by atoms with Gasteiger partial charge in [-0.15, -0.1) is 0 Å². The predicted octanol–water partition coefficient (Wildman–Crippen LogP) is 3.71. The van der Waals surface area contributed by atoms with Crippen LogP contribution < -0.4 is 4.74 Å². The highest BCUT2D eigenvalue weighted by molar-refractivity contribution is 5.75. The largest absolute Gasteiger partial charge is 0.479 e. The average molecular weight is 400 g/mol. The molecule has 0 fully saturated rings. The van der Waals surface area contributed by atoms with Crippen molar-refractivity contribution in [3.8, 4) is 5.75 Å². The Bertz CT molecular complexity index is 757. The van der Waals surface area contributed by atoms with E-state index in [1.807, 2.05) is 49.4 Å². The van der Waals surface area contributed by atoms with Gasteiger partial charge in [-0.1, -0.05) is 42.5 Å². The Morgan fingerprint density at radius 3 is 2.14 bits per heavy atom. The first kappa shape index (κ1) is 22.4. The van der Waals surface area contributed by atoms with E-state index in [1.54, 1.807) is 26.0 Å². The summed E-state index contributed by atoms with van der Waals surface area (Å²) >= 11 is 0. The second kappa shape index (κ2) is 11.9. The molecule has 0 amide bonds. The summed E-state index contributed by atoms with van der Waals surface area (Å²) in [7, 11) is 0. The highest BCUT2D eigenvalue weighted by Crippen LogP contribution is 2.17. The Balaban J connectivity index is 1.86. The molecule has 6 heteroatoms. The molecule has 2 aromatic rings. The average Bonchev–Trinajstić information content (AvgIpc) is 2.74. The molecule has 0 aliphatic carbocycles. The lowest BCUT2D eigenvalue weighted by Gasteiger charge is -2.17. The molecule has 0 spiro atoms. The Kier molecular flexibility index (Phi) is 9.18. The highest BCUT2D eigenvalue weighted by Gasteiger charge is 2.21. The maximum Gasteiger partial charge on any atom is 0.347 e. The monoisotopic (exact) mass is 400 g/mol. The second-order valence-corrected chi connectivity index (χ2v) is 6.40. The fourth-order valence-corrected chi connectivity index (χ4v) is 2.66. The summed E-state index contributed by atoms with van der Waals surface area (Å²) in [5, 5.41) is 0. The molecule has 0 aromatic heterocycles. The molecule has 0 N–H and O–H groups in total. The maximum absolute atomic E-state index is 12.1. The number of carbonyl (C=O) groups is 2. The minimum Gasteiger partial charge on any atom is -0.479 e. The normalized spacial score (nSPS) is 12.7. The molecule has 156 valence electrons. The van der Waals surface area contributed by atoms with Gasteiger partial charge in [-0.3, -0.25) is 0 Å². The zero-order valence-corrected chi connectivity index (χ0v) is 17.1. The first-order chi connectivity index (χ1) is 14.0. The molecule has 0 heterocycles. The van der Waals surface area contributed by atoms with E-state index >= 15 is 0 Å². The first-order valence-corrected chi connectivity index (χ1v) is 9.77. The van der Waals surface area contributed by atoms with Crippen molar-refractivity contribution in [2.75, 3.05) is 13.2 Å². The molecule has 0 saturated heterocycles. The molecular weight excluding hydrogens is 372 g/mol. The van der Waals surface area contributed by atoms with Gasteiger partial charge in [0.2, 0.25) is 0 Å². The van der Waals surface area contributed by atoms with Crippen LogP contribution in [0.1, 0.15) is 31.9 Å². The van der Waals surface area contributed by atoms with E-state index in [9.17, 15) is 9.59 Å². The number of hydrogen-bond donors (Lipinski definition) is 0. The van der Waals surface area contributed by atoms with Gasteiger partial charge < -0.3 is 18.9 Å². The van der Waals surface area contributed by atoms with Crippen molar-refractivity contribution in [2.24, 2.45) is 0 Å². The van der Waals surface area contributed by atoms with Crippen LogP contribution in [-0.4, -0.2) is 37.4 Å². The molecule has 29 heavy (non-hydrogen) atoms. The summed E-state index contributed by atoms with van der Waals surface area (Å²) in [6, 6.07) is 16.7. The molecule has 0 bridgehead atoms. The van der Waals surface area contributed by atoms with Crippen molar-refractivity contribution in [3.05, 3.63) is 65.7 Å². The second-order valence-electron chi connectivity index (χ2n) is 6.40. The molecule has 6 nitrogen and oxygen atoms in total. The van der Waals surface area contributed by atoms with Crippen LogP contribution >= 0.6 is 0 Å². The molecule has 0 radical (unpaired) electrons. The van der Waals surface area contributed by atoms with Gasteiger partial charge in [-0.25, -0.2) is 9.59 Å². The molecule has 0 saturated carbocycles. The molecule has 0 aliphatic rings. The van der Waals surface area contributed by atoms with E-state index in [0.29, 0.717) is 25.4 Å². The van der Waals surface area contributed by atoms with Crippen LogP contribution in [0.2, 0.25) is 0 Å². The van der Waals surface area contributed by atoms with Gasteiger partial charge in [0.05, 0.1) is 6.61 Å². The zero-order chi connectivity index (χ0) is 21.1. The molecule has 2 atom stereocenters. The molecule has 2 aromatic carbocycles. The van der Waals surface area contributed by atoms with E-state index in [0.717, 1.165) is 11.1 Å². The van der Waals surface area contributed by atoms with E-state index in [-0.39, 0.29) is 12.6 Å². The molecular formula is C23H28O6. The lowest BCUT2D eigenvalue weighted by molar-refractivity contribution is -0.156. The van der Waals surface area contributed by atoms with Crippen molar-refractivity contribution in [3.63, 3.8) is 0 Å². The van der Waals surface area contributed by atoms with E-state index in [4.69, 9.17) is 18.9 Å². The van der Waals surface area contributed by atoms with Crippen LogP contribution in [0.3, 0.4) is 0 Å². The van der Waals surface area contributed by atoms with Crippen molar-refractivity contribution in [1.29, 1.82) is 0 Å². The van der Waals surface area contributed by atoms with Gasteiger partial charge in [-0.05, 0) is 44.0 Å². The van der Waals surface area contributed by atoms with E-state index < -0.39 is 18.2 Å². The van der Waals surface area contributed by atoms with Gasteiger partial charge in [0.25, 0.3) is 0 Å². The van der Waals surface area contributed by atoms with Gasteiger partial charge >= 0.3 is 11.9 Å². The third kappa shape index (κ3) is 7.58. The number of benzene rings is 2. The summed E-state index contributed by atoms with van der Waals surface area (Å²) in [6.07, 6.45) is -0.972. The van der Waals surface area contributed by atoms with E-state index in [1.165, 1.54) is 0 Å². The fourth-order valence-electron chi connectivity index (χ4n) is 2.66. The van der Waals surface area contributed by atoms with Crippen LogP contribution in [0.25, 0.3) is 0 Å². The summed E-state index contributed by atoms with van der Waals surface area (Å²) in [5.74, 6) is -0.261. The summed E-state index contributed by atoms with van der Waals surface area (Å²) < 4.78 is 21.5. The summed E-state index contributed by atoms with van der Waals surface area (Å²) in [5.41, 5.74) is 1.83. The first-order valence-electron chi connectivity index (χ1n) is 9.77. The Hall–Kier alpha value is -2.86. The highest BCUT2D eigenvalue weighted by atomic mass is 16.6. The minimum absolute atomic E-state index is 0.207. The molecule has 0 aliphatic heterocycles. The quantitative estimate of drug-likeness (QED) is 0.536. The number of rotatable bonds is 11. The van der Waals surface area contributed by atoms with Crippen molar-refractivity contribution >= 4 is 11.9 Å². The standard InChI is InChI=1S/C23H28O6/c1-4-26-21(23(25)27-5-2)15-18-11-13-20(14-12-18)29-17(3)22(24)28-16-19-9-7-6-8-10-19/h6-14,17,21H,4-5,15-16H2,1-3H3/t17-,21+/m0/s1. The van der Waals surface area contributed by atoms with Gasteiger partial charge in [0.15, 0.2) is 12.2 Å². The van der Waals surface area contributed by atoms with Gasteiger partial charge in [0.1, 0.15) is 12.4 Å². The number of carbonyl (C=O) groups excluding carboxylic acids is 2. The van der Waals surface area contributed by atoms with Crippen molar-refractivity contribution in [1.82, 2.24) is 0 Å². The number of hydrogen-bond acceptors (Lipinski definition) is 6. The van der Waals surface area contributed by atoms with Crippen LogP contribution in [0.15, 0.2) is 54.6 Å². The SMILES string of the molecule is CCOC(=O)[C@@H](Cc1ccc(O[C@@H](C)C(=O)OCc2ccccc2)cc1)OCC. The maximum atomic E-state index is 12.1. The van der Waals surface area contributed by atoms with Crippen LogP contribution in [0.4, 0.5) is 0 Å². The Labute approximate surface area is 171 Å². The smallest absolute Gasteiger partial charge is 0.347 e. The van der Waals surface area contributed by atoms with E-state index in [2.05, 4.69) is 0 Å². The topological polar surface area (TPSA) is 71.1 Å². The third-order valence-corrected chi connectivity index (χ3v) is 4.13. The molecule has 2 rings (SSSR count). The Morgan fingerprint density at radius 1 is 0.828 bits per heavy atom. The summed E-state index contributed by atoms with van der Waals surface area (Å²) in [6.45, 7) is 6.19. The van der Waals surface area contributed by atoms with Gasteiger partial charge in [-0.2, -0.15) is 0 Å². The lowest BCUT2D eigenvalue weighted by Crippen LogP contribution is -2.29. The minimum atomic E-state index is -0.736. The van der Waals surface area contributed by atoms with Crippen molar-refractivity contribution in [2.45, 2.75) is 46.0 Å². The molecule has 0 unspecified atom stereocenters. The Morgan fingerprint density at radius 2 is 1.52 bits per heavy atom. The lowest BCUT2D eigenvalue weighted by atomic mass is 10.1. The number of ether oxygens (including phenoxy) is 4. The number of esters is 2. The zero-order valence-electron chi connectivity index (χ0n) is 17.1. The fraction of sp³-hybridized carbons (Fsp3) is 0.391. The van der Waals surface area contributed by atoms with Gasteiger partial charge in [0, 0.05) is 13.0 Å². The van der Waals surface area contributed by atoms with Crippen LogP contribution in [0, 0.1) is 0 Å². The van der Waals surface area contributed by atoms with Crippen LogP contribution in [-0.2, 0) is 36.8 Å². The third-order valence-electron chi connectivity index (χ3n) is 4.13.